The van der Waals surface area contributed by atoms with Gasteiger partial charge >= 0.3 is 0 Å². The molecule has 0 unspecified atom stereocenters. The molecule has 4 heteroatoms. The summed E-state index contributed by atoms with van der Waals surface area (Å²) in [5.41, 5.74) is -0.999. The van der Waals surface area contributed by atoms with E-state index in [4.69, 9.17) is 9.78 Å². The summed E-state index contributed by atoms with van der Waals surface area (Å²) >= 11 is 0. The summed E-state index contributed by atoms with van der Waals surface area (Å²) < 4.78 is 0. The normalized spacial score (nSPS) is 50.8. The molecular weight excluding hydrogens is 232 g/mol. The van der Waals surface area contributed by atoms with E-state index in [0.29, 0.717) is 12.8 Å². The van der Waals surface area contributed by atoms with Gasteiger partial charge in [-0.1, -0.05) is 13.8 Å². The standard InChI is InChI=1S/C14H22O4/c1-12(2)6-5-11(16)13(3)14(12)7-4-9(15)10(8-14)17-18-13/h9-10,15H,4-8H2,1-3H3/t9-,10+,13-,14+/m0/s1. The molecule has 0 aromatic rings. The van der Waals surface area contributed by atoms with Crippen molar-refractivity contribution in [1.82, 2.24) is 0 Å². The lowest BCUT2D eigenvalue weighted by Gasteiger charge is -2.64. The molecule has 3 aliphatic rings. The lowest BCUT2D eigenvalue weighted by atomic mass is 9.45. The number of aliphatic hydroxyl groups excluding tert-OH is 1. The van der Waals surface area contributed by atoms with Crippen molar-refractivity contribution < 1.29 is 19.7 Å². The first kappa shape index (κ1) is 12.6. The third-order valence-corrected chi connectivity index (χ3v) is 5.90. The molecular formula is C14H22O4. The molecule has 1 spiro atoms. The Hall–Kier alpha value is -0.450. The number of hydrogen-bond acceptors (Lipinski definition) is 4. The molecule has 4 atom stereocenters. The Balaban J connectivity index is 2.09. The maximum atomic E-state index is 12.3. The molecule has 1 saturated heterocycles. The first-order valence-corrected chi connectivity index (χ1v) is 6.88. The first-order valence-electron chi connectivity index (χ1n) is 6.88. The summed E-state index contributed by atoms with van der Waals surface area (Å²) in [6, 6.07) is 0. The third kappa shape index (κ3) is 1.29. The zero-order chi connectivity index (χ0) is 13.2. The fourth-order valence-electron chi connectivity index (χ4n) is 4.41. The second-order valence-electron chi connectivity index (χ2n) is 6.95. The minimum atomic E-state index is -0.842. The summed E-state index contributed by atoms with van der Waals surface area (Å²) in [6.45, 7) is 6.33. The smallest absolute Gasteiger partial charge is 0.168 e. The summed E-state index contributed by atoms with van der Waals surface area (Å²) in [7, 11) is 0. The minimum Gasteiger partial charge on any atom is -0.390 e. The monoisotopic (exact) mass is 254 g/mol. The van der Waals surface area contributed by atoms with E-state index in [2.05, 4.69) is 13.8 Å². The molecule has 0 amide bonds. The van der Waals surface area contributed by atoms with Crippen molar-refractivity contribution in [1.29, 1.82) is 0 Å². The van der Waals surface area contributed by atoms with Gasteiger partial charge in [-0.2, -0.15) is 0 Å². The number of hydrogen-bond donors (Lipinski definition) is 1. The Bertz CT molecular complexity index is 391. The fraction of sp³-hybridized carbons (Fsp3) is 0.929. The fourth-order valence-corrected chi connectivity index (χ4v) is 4.41. The quantitative estimate of drug-likeness (QED) is 0.672. The molecule has 2 saturated carbocycles. The van der Waals surface area contributed by atoms with Gasteiger partial charge in [0.1, 0.15) is 6.10 Å². The van der Waals surface area contributed by atoms with Crippen molar-refractivity contribution in [3.8, 4) is 0 Å². The summed E-state index contributed by atoms with van der Waals surface area (Å²) in [5.74, 6) is 0.150. The molecule has 102 valence electrons. The zero-order valence-corrected chi connectivity index (χ0v) is 11.4. The molecule has 3 rings (SSSR count). The number of carbonyl (C=O) groups excluding carboxylic acids is 1. The van der Waals surface area contributed by atoms with Crippen LogP contribution in [0, 0.1) is 10.8 Å². The van der Waals surface area contributed by atoms with Crippen molar-refractivity contribution in [2.45, 2.75) is 70.7 Å². The second kappa shape index (κ2) is 3.56. The van der Waals surface area contributed by atoms with Gasteiger partial charge in [0.25, 0.3) is 0 Å². The largest absolute Gasteiger partial charge is 0.390 e. The van der Waals surface area contributed by atoms with Crippen LogP contribution in [0.25, 0.3) is 0 Å². The highest BCUT2D eigenvalue weighted by atomic mass is 17.2. The van der Waals surface area contributed by atoms with Crippen LogP contribution in [0.15, 0.2) is 0 Å². The van der Waals surface area contributed by atoms with Gasteiger partial charge in [0.05, 0.1) is 6.10 Å². The number of carbonyl (C=O) groups is 1. The number of rotatable bonds is 0. The lowest BCUT2D eigenvalue weighted by molar-refractivity contribution is -0.456. The van der Waals surface area contributed by atoms with Crippen LogP contribution in [0.2, 0.25) is 0 Å². The third-order valence-electron chi connectivity index (χ3n) is 5.90. The maximum absolute atomic E-state index is 12.3. The SMILES string of the molecule is CC1(C)CCC(=O)[C@]2(C)OO[C@@H]3C[C@]12CC[C@@H]3O. The van der Waals surface area contributed by atoms with Gasteiger partial charge in [0.2, 0.25) is 0 Å². The predicted molar refractivity (Wildman–Crippen MR) is 64.7 cm³/mol. The van der Waals surface area contributed by atoms with Gasteiger partial charge in [0.15, 0.2) is 11.4 Å². The molecule has 0 aromatic carbocycles. The van der Waals surface area contributed by atoms with Crippen LogP contribution in [0.3, 0.4) is 0 Å². The number of ketones is 1. The van der Waals surface area contributed by atoms with E-state index in [9.17, 15) is 9.90 Å². The molecule has 0 aromatic heterocycles. The van der Waals surface area contributed by atoms with E-state index in [-0.39, 0.29) is 22.7 Å². The van der Waals surface area contributed by atoms with Crippen LogP contribution in [-0.2, 0) is 14.6 Å². The van der Waals surface area contributed by atoms with Gasteiger partial charge in [-0.3, -0.25) is 4.79 Å². The first-order chi connectivity index (χ1) is 8.32. The lowest BCUT2D eigenvalue weighted by Crippen LogP contribution is -2.69. The van der Waals surface area contributed by atoms with E-state index < -0.39 is 11.7 Å². The maximum Gasteiger partial charge on any atom is 0.168 e. The Morgan fingerprint density at radius 1 is 1.28 bits per heavy atom. The molecule has 2 bridgehead atoms. The number of fused-ring (bicyclic) bond motifs is 1. The summed E-state index contributed by atoms with van der Waals surface area (Å²) in [5, 5.41) is 9.94. The van der Waals surface area contributed by atoms with Crippen molar-refractivity contribution in [3.63, 3.8) is 0 Å². The molecule has 1 N–H and O–H groups in total. The molecule has 4 nitrogen and oxygen atoms in total. The molecule has 3 fully saturated rings. The van der Waals surface area contributed by atoms with E-state index in [1.54, 1.807) is 0 Å². The molecule has 2 aliphatic carbocycles. The summed E-state index contributed by atoms with van der Waals surface area (Å²) in [4.78, 5) is 23.2. The van der Waals surface area contributed by atoms with Gasteiger partial charge in [-0.05, 0) is 38.0 Å². The summed E-state index contributed by atoms with van der Waals surface area (Å²) in [6.07, 6.45) is 2.97. The van der Waals surface area contributed by atoms with Crippen LogP contribution in [0.1, 0.15) is 52.9 Å². The minimum absolute atomic E-state index is 0.0395. The van der Waals surface area contributed by atoms with Crippen LogP contribution >= 0.6 is 0 Å². The average molecular weight is 254 g/mol. The number of aliphatic hydroxyl groups is 1. The predicted octanol–water partition coefficient (Wildman–Crippen LogP) is 2.00. The topological polar surface area (TPSA) is 55.8 Å². The van der Waals surface area contributed by atoms with Gasteiger partial charge in [-0.25, -0.2) is 9.78 Å². The van der Waals surface area contributed by atoms with E-state index >= 15 is 0 Å². The van der Waals surface area contributed by atoms with Crippen LogP contribution in [-0.4, -0.2) is 28.7 Å². The highest BCUT2D eigenvalue weighted by Gasteiger charge is 2.68. The van der Waals surface area contributed by atoms with E-state index in [1.807, 2.05) is 6.92 Å². The number of Topliss-reactive ketones (excluding diaryl/α,β-unsaturated/α-hetero) is 1. The van der Waals surface area contributed by atoms with Gasteiger partial charge in [-0.15, -0.1) is 0 Å². The van der Waals surface area contributed by atoms with Crippen molar-refractivity contribution in [2.75, 3.05) is 0 Å². The highest BCUT2D eigenvalue weighted by Crippen LogP contribution is 2.64. The second-order valence-corrected chi connectivity index (χ2v) is 6.95. The van der Waals surface area contributed by atoms with Gasteiger partial charge < -0.3 is 5.11 Å². The van der Waals surface area contributed by atoms with Crippen LogP contribution in [0.5, 0.6) is 0 Å². The Labute approximate surface area is 108 Å². The van der Waals surface area contributed by atoms with Crippen LogP contribution in [0.4, 0.5) is 0 Å². The molecule has 1 heterocycles. The highest BCUT2D eigenvalue weighted by molar-refractivity contribution is 5.89. The Morgan fingerprint density at radius 3 is 2.72 bits per heavy atom. The van der Waals surface area contributed by atoms with Crippen LogP contribution < -0.4 is 0 Å². The van der Waals surface area contributed by atoms with Gasteiger partial charge in [0, 0.05) is 11.8 Å². The van der Waals surface area contributed by atoms with Crippen molar-refractivity contribution in [3.05, 3.63) is 0 Å². The zero-order valence-electron chi connectivity index (χ0n) is 11.4. The Morgan fingerprint density at radius 2 is 2.00 bits per heavy atom. The van der Waals surface area contributed by atoms with E-state index in [1.165, 1.54) is 0 Å². The van der Waals surface area contributed by atoms with E-state index in [0.717, 1.165) is 19.3 Å². The molecule has 0 radical (unpaired) electrons. The Kier molecular flexibility index (Phi) is 2.48. The molecule has 18 heavy (non-hydrogen) atoms. The van der Waals surface area contributed by atoms with Crippen molar-refractivity contribution >= 4 is 5.78 Å². The van der Waals surface area contributed by atoms with Crippen molar-refractivity contribution in [2.24, 2.45) is 10.8 Å². The molecule has 1 aliphatic heterocycles. The average Bonchev–Trinajstić information content (AvgIpc) is 2.33.